The van der Waals surface area contributed by atoms with Gasteiger partial charge in [0, 0.05) is 12.1 Å². The SMILES string of the molecule is CCOC(=O)COc1ccc(/C=C2/SC(=O)N(Cc3cccc([N+](=O)[O-])c3)C2=O)cc1. The summed E-state index contributed by atoms with van der Waals surface area (Å²) in [5, 5.41) is 10.5. The molecule has 1 aliphatic heterocycles. The Morgan fingerprint density at radius 3 is 2.61 bits per heavy atom. The van der Waals surface area contributed by atoms with Crippen molar-refractivity contribution >= 4 is 40.6 Å². The van der Waals surface area contributed by atoms with E-state index in [0.29, 0.717) is 16.9 Å². The molecule has 0 N–H and O–H groups in total. The molecule has 2 aromatic carbocycles. The summed E-state index contributed by atoms with van der Waals surface area (Å²) in [6.07, 6.45) is 1.58. The molecule has 0 unspecified atom stereocenters. The van der Waals surface area contributed by atoms with E-state index in [0.717, 1.165) is 16.7 Å². The quantitative estimate of drug-likeness (QED) is 0.262. The van der Waals surface area contributed by atoms with Crippen molar-refractivity contribution in [2.45, 2.75) is 13.5 Å². The molecule has 10 heteroatoms. The largest absolute Gasteiger partial charge is 0.482 e. The predicted molar refractivity (Wildman–Crippen MR) is 113 cm³/mol. The van der Waals surface area contributed by atoms with Crippen LogP contribution in [-0.4, -0.2) is 40.2 Å². The molecular formula is C21H18N2O7S. The van der Waals surface area contributed by atoms with Crippen molar-refractivity contribution in [2.24, 2.45) is 0 Å². The molecule has 1 aliphatic rings. The van der Waals surface area contributed by atoms with Gasteiger partial charge in [-0.1, -0.05) is 24.3 Å². The van der Waals surface area contributed by atoms with Gasteiger partial charge in [-0.3, -0.25) is 24.6 Å². The first-order chi connectivity index (χ1) is 14.9. The lowest BCUT2D eigenvalue weighted by atomic mass is 10.2. The number of nitrogens with zero attached hydrogens (tertiary/aromatic N) is 2. The fourth-order valence-electron chi connectivity index (χ4n) is 2.74. The Bertz CT molecular complexity index is 1050. The third kappa shape index (κ3) is 5.70. The summed E-state index contributed by atoms with van der Waals surface area (Å²) >= 11 is 0.802. The fraction of sp³-hybridized carbons (Fsp3) is 0.190. The molecule has 31 heavy (non-hydrogen) atoms. The lowest BCUT2D eigenvalue weighted by Gasteiger charge is -2.12. The number of nitro benzene ring substituents is 1. The highest BCUT2D eigenvalue weighted by Crippen LogP contribution is 2.33. The summed E-state index contributed by atoms with van der Waals surface area (Å²) in [4.78, 5) is 48.0. The second kappa shape index (κ2) is 9.90. The number of carbonyl (C=O) groups excluding carboxylic acids is 3. The molecule has 0 atom stereocenters. The van der Waals surface area contributed by atoms with E-state index in [-0.39, 0.29) is 30.4 Å². The van der Waals surface area contributed by atoms with Crippen LogP contribution in [0.5, 0.6) is 5.75 Å². The lowest BCUT2D eigenvalue weighted by molar-refractivity contribution is -0.384. The molecule has 9 nitrogen and oxygen atoms in total. The molecule has 0 bridgehead atoms. The Hall–Kier alpha value is -3.66. The topological polar surface area (TPSA) is 116 Å². The first-order valence-electron chi connectivity index (χ1n) is 9.24. The minimum Gasteiger partial charge on any atom is -0.482 e. The smallest absolute Gasteiger partial charge is 0.344 e. The first-order valence-corrected chi connectivity index (χ1v) is 10.1. The number of rotatable bonds is 8. The van der Waals surface area contributed by atoms with Crippen molar-refractivity contribution in [3.05, 3.63) is 74.7 Å². The van der Waals surface area contributed by atoms with Gasteiger partial charge in [-0.25, -0.2) is 4.79 Å². The zero-order valence-corrected chi connectivity index (χ0v) is 17.3. The standard InChI is InChI=1S/C21H18N2O7S/c1-2-29-19(24)13-30-17-8-6-14(7-9-17)11-18-20(25)22(21(26)31-18)12-15-4-3-5-16(10-15)23(27)28/h3-11H,2,12-13H2,1H3/b18-11+. The van der Waals surface area contributed by atoms with Crippen LogP contribution in [0.1, 0.15) is 18.1 Å². The van der Waals surface area contributed by atoms with E-state index >= 15 is 0 Å². The maximum absolute atomic E-state index is 12.7. The third-order valence-electron chi connectivity index (χ3n) is 4.18. The van der Waals surface area contributed by atoms with Gasteiger partial charge in [-0.05, 0) is 48.0 Å². The monoisotopic (exact) mass is 442 g/mol. The Balaban J connectivity index is 1.66. The Morgan fingerprint density at radius 2 is 1.94 bits per heavy atom. The number of carbonyl (C=O) groups is 3. The zero-order chi connectivity index (χ0) is 22.4. The molecule has 1 fully saturated rings. The van der Waals surface area contributed by atoms with Crippen molar-refractivity contribution < 1.29 is 28.8 Å². The first kappa shape index (κ1) is 22.0. The minimum atomic E-state index is -0.530. The van der Waals surface area contributed by atoms with Gasteiger partial charge in [-0.2, -0.15) is 0 Å². The van der Waals surface area contributed by atoms with Crippen molar-refractivity contribution in [1.29, 1.82) is 0 Å². The van der Waals surface area contributed by atoms with Crippen LogP contribution < -0.4 is 4.74 Å². The van der Waals surface area contributed by atoms with Gasteiger partial charge in [0.15, 0.2) is 6.61 Å². The maximum atomic E-state index is 12.7. The number of non-ortho nitro benzene ring substituents is 1. The summed E-state index contributed by atoms with van der Waals surface area (Å²) in [5.41, 5.74) is 1.05. The molecule has 2 aromatic rings. The summed E-state index contributed by atoms with van der Waals surface area (Å²) in [7, 11) is 0. The molecule has 1 heterocycles. The number of esters is 1. The van der Waals surface area contributed by atoms with Crippen molar-refractivity contribution in [3.8, 4) is 5.75 Å². The van der Waals surface area contributed by atoms with Crippen molar-refractivity contribution in [1.82, 2.24) is 4.90 Å². The van der Waals surface area contributed by atoms with Gasteiger partial charge < -0.3 is 9.47 Å². The Morgan fingerprint density at radius 1 is 1.19 bits per heavy atom. The zero-order valence-electron chi connectivity index (χ0n) is 16.5. The fourth-order valence-corrected chi connectivity index (χ4v) is 3.58. The van der Waals surface area contributed by atoms with Crippen LogP contribution in [-0.2, 0) is 20.9 Å². The van der Waals surface area contributed by atoms with Gasteiger partial charge in [0.05, 0.1) is 23.0 Å². The number of nitro groups is 1. The van der Waals surface area contributed by atoms with E-state index in [1.165, 1.54) is 18.2 Å². The highest BCUT2D eigenvalue weighted by molar-refractivity contribution is 8.18. The van der Waals surface area contributed by atoms with Crippen LogP contribution >= 0.6 is 11.8 Å². The molecule has 1 saturated heterocycles. The summed E-state index contributed by atoms with van der Waals surface area (Å²) in [6.45, 7) is 1.73. The highest BCUT2D eigenvalue weighted by atomic mass is 32.2. The maximum Gasteiger partial charge on any atom is 0.344 e. The van der Waals surface area contributed by atoms with Crippen LogP contribution in [0.25, 0.3) is 6.08 Å². The molecule has 3 rings (SSSR count). The molecule has 0 aliphatic carbocycles. The summed E-state index contributed by atoms with van der Waals surface area (Å²) in [6, 6.07) is 12.5. The van der Waals surface area contributed by atoms with E-state index in [9.17, 15) is 24.5 Å². The van der Waals surface area contributed by atoms with Crippen molar-refractivity contribution in [2.75, 3.05) is 13.2 Å². The number of thioether (sulfide) groups is 1. The van der Waals surface area contributed by atoms with Crippen LogP contribution in [0.2, 0.25) is 0 Å². The molecule has 0 saturated carbocycles. The van der Waals surface area contributed by atoms with Crippen LogP contribution in [0.3, 0.4) is 0 Å². The highest BCUT2D eigenvalue weighted by Gasteiger charge is 2.35. The molecule has 0 spiro atoms. The van der Waals surface area contributed by atoms with E-state index in [1.54, 1.807) is 43.3 Å². The lowest BCUT2D eigenvalue weighted by Crippen LogP contribution is -2.27. The van der Waals surface area contributed by atoms with Gasteiger partial charge in [-0.15, -0.1) is 0 Å². The number of ether oxygens (including phenoxy) is 2. The average Bonchev–Trinajstić information content (AvgIpc) is 3.01. The second-order valence-corrected chi connectivity index (χ2v) is 7.35. The number of hydrogen-bond acceptors (Lipinski definition) is 8. The average molecular weight is 442 g/mol. The molecule has 160 valence electrons. The van der Waals surface area contributed by atoms with Crippen molar-refractivity contribution in [3.63, 3.8) is 0 Å². The van der Waals surface area contributed by atoms with Crippen LogP contribution in [0, 0.1) is 10.1 Å². The number of imide groups is 1. The van der Waals surface area contributed by atoms with Crippen LogP contribution in [0.15, 0.2) is 53.4 Å². The minimum absolute atomic E-state index is 0.0513. The molecule has 0 radical (unpaired) electrons. The van der Waals surface area contributed by atoms with Crippen LogP contribution in [0.4, 0.5) is 10.5 Å². The summed E-state index contributed by atoms with van der Waals surface area (Å²) < 4.78 is 10.1. The number of amides is 2. The van der Waals surface area contributed by atoms with Gasteiger partial charge in [0.25, 0.3) is 16.8 Å². The van der Waals surface area contributed by atoms with Gasteiger partial charge in [0.2, 0.25) is 0 Å². The van der Waals surface area contributed by atoms with Gasteiger partial charge >= 0.3 is 5.97 Å². The Kier molecular flexibility index (Phi) is 7.03. The summed E-state index contributed by atoms with van der Waals surface area (Å²) in [5.74, 6) is -0.475. The van der Waals surface area contributed by atoms with Gasteiger partial charge in [0.1, 0.15) is 5.75 Å². The van der Waals surface area contributed by atoms with E-state index in [4.69, 9.17) is 9.47 Å². The number of benzene rings is 2. The Labute approximate surface area is 181 Å². The molecular weight excluding hydrogens is 424 g/mol. The van der Waals surface area contributed by atoms with E-state index < -0.39 is 22.0 Å². The van der Waals surface area contributed by atoms with E-state index in [2.05, 4.69) is 0 Å². The van der Waals surface area contributed by atoms with E-state index in [1.807, 2.05) is 0 Å². The predicted octanol–water partition coefficient (Wildman–Crippen LogP) is 3.77. The number of hydrogen-bond donors (Lipinski definition) is 0. The molecule has 0 aromatic heterocycles. The normalized spacial score (nSPS) is 14.7. The molecule has 2 amide bonds. The third-order valence-corrected chi connectivity index (χ3v) is 5.08. The second-order valence-electron chi connectivity index (χ2n) is 6.36.